The monoisotopic (exact) mass is 414 g/mol. The van der Waals surface area contributed by atoms with Crippen molar-refractivity contribution in [3.8, 4) is 0 Å². The molecule has 1 aromatic carbocycles. The summed E-state index contributed by atoms with van der Waals surface area (Å²) >= 11 is 0. The number of pyridine rings is 1. The summed E-state index contributed by atoms with van der Waals surface area (Å²) < 4.78 is 15.2. The van der Waals surface area contributed by atoms with Crippen molar-refractivity contribution in [3.05, 3.63) is 53.2 Å². The lowest BCUT2D eigenvalue weighted by Crippen LogP contribution is -2.21. The Morgan fingerprint density at radius 1 is 1.20 bits per heavy atom. The second kappa shape index (κ2) is 7.77. The fourth-order valence-corrected chi connectivity index (χ4v) is 3.09. The van der Waals surface area contributed by atoms with Gasteiger partial charge in [0.1, 0.15) is 11.5 Å². The first-order valence-electron chi connectivity index (χ1n) is 9.74. The molecule has 30 heavy (non-hydrogen) atoms. The van der Waals surface area contributed by atoms with Crippen LogP contribution >= 0.6 is 0 Å². The van der Waals surface area contributed by atoms with Crippen LogP contribution in [-0.4, -0.2) is 36.5 Å². The average molecular weight is 414 g/mol. The average Bonchev–Trinajstić information content (AvgIpc) is 3.02. The van der Waals surface area contributed by atoms with Gasteiger partial charge in [-0.25, -0.2) is 9.37 Å². The molecular weight excluding hydrogens is 387 g/mol. The van der Waals surface area contributed by atoms with Crippen LogP contribution in [0.5, 0.6) is 0 Å². The predicted molar refractivity (Wildman–Crippen MR) is 113 cm³/mol. The highest BCUT2D eigenvalue weighted by atomic mass is 19.1. The minimum absolute atomic E-state index is 0.0802. The fourth-order valence-electron chi connectivity index (χ4n) is 3.09. The van der Waals surface area contributed by atoms with Gasteiger partial charge in [0.25, 0.3) is 5.91 Å². The number of nitrogens with zero attached hydrogens (tertiary/aromatic N) is 3. The molecular formula is C22H27FN4O3. The summed E-state index contributed by atoms with van der Waals surface area (Å²) in [5.74, 6) is -0.985. The highest BCUT2D eigenvalue weighted by molar-refractivity contribution is 6.04. The number of rotatable bonds is 6. The molecule has 3 aromatic rings. The minimum atomic E-state index is -1.24. The quantitative estimate of drug-likeness (QED) is 0.573. The Bertz CT molecular complexity index is 1090. The highest BCUT2D eigenvalue weighted by Gasteiger charge is 2.24. The molecule has 0 unspecified atom stereocenters. The number of anilines is 1. The summed E-state index contributed by atoms with van der Waals surface area (Å²) in [5, 5.41) is 28.6. The number of halogens is 1. The van der Waals surface area contributed by atoms with E-state index in [4.69, 9.17) is 0 Å². The maximum Gasteiger partial charge on any atom is 0.274 e. The predicted octanol–water partition coefficient (Wildman–Crippen LogP) is 3.52. The molecule has 3 N–H and O–H groups in total. The zero-order chi connectivity index (χ0) is 22.3. The Kier molecular flexibility index (Phi) is 5.66. The second-order valence-electron chi connectivity index (χ2n) is 8.69. The van der Waals surface area contributed by atoms with Gasteiger partial charge in [-0.1, -0.05) is 0 Å². The molecule has 160 valence electrons. The third-order valence-electron chi connectivity index (χ3n) is 4.81. The molecule has 2 heterocycles. The Labute approximate surface area is 174 Å². The van der Waals surface area contributed by atoms with Crippen molar-refractivity contribution < 1.29 is 19.4 Å². The lowest BCUT2D eigenvalue weighted by molar-refractivity contribution is 0.0651. The van der Waals surface area contributed by atoms with E-state index in [1.807, 2.05) is 6.20 Å². The molecule has 0 aliphatic heterocycles. The Morgan fingerprint density at radius 3 is 2.50 bits per heavy atom. The minimum Gasteiger partial charge on any atom is -0.390 e. The van der Waals surface area contributed by atoms with E-state index < -0.39 is 22.9 Å². The molecule has 0 aliphatic rings. The fraction of sp³-hybridized carbons (Fsp3) is 0.409. The zero-order valence-electron chi connectivity index (χ0n) is 17.8. The summed E-state index contributed by atoms with van der Waals surface area (Å²) in [4.78, 5) is 16.7. The molecule has 0 saturated carbocycles. The molecule has 0 spiro atoms. The van der Waals surface area contributed by atoms with Crippen LogP contribution in [-0.2, 0) is 12.1 Å². The van der Waals surface area contributed by atoms with E-state index in [-0.39, 0.29) is 11.4 Å². The van der Waals surface area contributed by atoms with Crippen LogP contribution < -0.4 is 5.32 Å². The number of nitrogens with one attached hydrogen (secondary N) is 1. The van der Waals surface area contributed by atoms with E-state index in [1.165, 1.54) is 19.1 Å². The Hall–Kier alpha value is -2.84. The summed E-state index contributed by atoms with van der Waals surface area (Å²) in [6.07, 6.45) is 2.35. The van der Waals surface area contributed by atoms with E-state index in [2.05, 4.69) is 15.4 Å². The molecule has 2 aromatic heterocycles. The van der Waals surface area contributed by atoms with Crippen molar-refractivity contribution in [1.29, 1.82) is 0 Å². The van der Waals surface area contributed by atoms with E-state index in [0.29, 0.717) is 29.7 Å². The van der Waals surface area contributed by atoms with Crippen LogP contribution in [0.1, 0.15) is 55.9 Å². The maximum absolute atomic E-state index is 13.5. The van der Waals surface area contributed by atoms with Gasteiger partial charge in [-0.2, -0.15) is 5.10 Å². The summed E-state index contributed by atoms with van der Waals surface area (Å²) in [7, 11) is 0. The Balaban J connectivity index is 1.97. The zero-order valence-corrected chi connectivity index (χ0v) is 17.8. The van der Waals surface area contributed by atoms with Crippen LogP contribution in [0.25, 0.3) is 10.9 Å². The number of carbonyl (C=O) groups excluding carboxylic acids is 1. The van der Waals surface area contributed by atoms with Gasteiger partial charge in [-0.05, 0) is 65.3 Å². The number of carbonyl (C=O) groups is 1. The molecule has 8 heteroatoms. The number of aryl methyl sites for hydroxylation is 2. The molecule has 0 aliphatic carbocycles. The normalized spacial score (nSPS) is 12.4. The number of hydrogen-bond acceptors (Lipinski definition) is 5. The van der Waals surface area contributed by atoms with Gasteiger partial charge in [0.05, 0.1) is 22.4 Å². The number of fused-ring (bicyclic) bond motifs is 1. The van der Waals surface area contributed by atoms with Crippen molar-refractivity contribution in [1.82, 2.24) is 14.8 Å². The number of aromatic nitrogens is 3. The highest BCUT2D eigenvalue weighted by Crippen LogP contribution is 2.32. The molecule has 0 bridgehead atoms. The molecule has 0 saturated heterocycles. The van der Waals surface area contributed by atoms with Gasteiger partial charge in [0.2, 0.25) is 0 Å². The molecule has 0 fully saturated rings. The SMILES string of the molecule is Cc1nc(C(=O)Nc2cc3cn(CCC(C)(C)O)nc3cc2C(C)(C)O)ccc1F. The summed E-state index contributed by atoms with van der Waals surface area (Å²) in [6, 6.07) is 5.98. The topological polar surface area (TPSA) is 100 Å². The smallest absolute Gasteiger partial charge is 0.274 e. The van der Waals surface area contributed by atoms with Crippen molar-refractivity contribution >= 4 is 22.5 Å². The van der Waals surface area contributed by atoms with Crippen LogP contribution in [0.4, 0.5) is 10.1 Å². The maximum atomic E-state index is 13.5. The van der Waals surface area contributed by atoms with Crippen LogP contribution in [0, 0.1) is 12.7 Å². The van der Waals surface area contributed by atoms with Crippen LogP contribution in [0.15, 0.2) is 30.5 Å². The molecule has 7 nitrogen and oxygen atoms in total. The second-order valence-corrected chi connectivity index (χ2v) is 8.69. The number of benzene rings is 1. The summed E-state index contributed by atoms with van der Waals surface area (Å²) in [6.45, 7) is 8.73. The van der Waals surface area contributed by atoms with E-state index in [0.717, 1.165) is 5.39 Å². The van der Waals surface area contributed by atoms with Crippen molar-refractivity contribution in [2.24, 2.45) is 0 Å². The third-order valence-corrected chi connectivity index (χ3v) is 4.81. The first-order chi connectivity index (χ1) is 13.8. The van der Waals surface area contributed by atoms with Gasteiger partial charge in [0, 0.05) is 29.4 Å². The summed E-state index contributed by atoms with van der Waals surface area (Å²) in [5.41, 5.74) is -0.252. The number of hydrogen-bond donors (Lipinski definition) is 3. The van der Waals surface area contributed by atoms with Gasteiger partial charge >= 0.3 is 0 Å². The first kappa shape index (κ1) is 21.9. The lowest BCUT2D eigenvalue weighted by atomic mass is 9.95. The van der Waals surface area contributed by atoms with E-state index in [1.54, 1.807) is 44.5 Å². The molecule has 3 rings (SSSR count). The molecule has 0 radical (unpaired) electrons. The standard InChI is InChI=1S/C22H27FN4O3/c1-13-16(23)6-7-17(24-13)20(28)25-19-10-14-12-27(9-8-21(2,3)29)26-18(14)11-15(19)22(4,5)30/h6-7,10-12,29-30H,8-9H2,1-5H3,(H,25,28). The van der Waals surface area contributed by atoms with Crippen LogP contribution in [0.3, 0.4) is 0 Å². The number of aliphatic hydroxyl groups is 2. The van der Waals surface area contributed by atoms with Gasteiger partial charge < -0.3 is 15.5 Å². The van der Waals surface area contributed by atoms with Crippen molar-refractivity contribution in [2.45, 2.75) is 58.8 Å². The first-order valence-corrected chi connectivity index (χ1v) is 9.74. The van der Waals surface area contributed by atoms with Gasteiger partial charge in [-0.3, -0.25) is 9.48 Å². The Morgan fingerprint density at radius 2 is 1.90 bits per heavy atom. The molecule has 1 amide bonds. The van der Waals surface area contributed by atoms with E-state index >= 15 is 0 Å². The van der Waals surface area contributed by atoms with Gasteiger partial charge in [-0.15, -0.1) is 0 Å². The number of amides is 1. The molecule has 0 atom stereocenters. The van der Waals surface area contributed by atoms with Crippen LogP contribution in [0.2, 0.25) is 0 Å². The van der Waals surface area contributed by atoms with E-state index in [9.17, 15) is 19.4 Å². The van der Waals surface area contributed by atoms with Gasteiger partial charge in [0.15, 0.2) is 0 Å². The van der Waals surface area contributed by atoms with Crippen molar-refractivity contribution in [3.63, 3.8) is 0 Å². The third kappa shape index (κ3) is 5.01. The largest absolute Gasteiger partial charge is 0.390 e. The lowest BCUT2D eigenvalue weighted by Gasteiger charge is -2.22. The van der Waals surface area contributed by atoms with Crippen molar-refractivity contribution in [2.75, 3.05) is 5.32 Å².